The van der Waals surface area contributed by atoms with Gasteiger partial charge in [0.05, 0.1) is 14.1 Å². The van der Waals surface area contributed by atoms with Crippen molar-refractivity contribution in [1.29, 1.82) is 0 Å². The number of carbonyl (C=O) groups is 3. The minimum Gasteiger partial charge on any atom is -0.475 e. The smallest absolute Gasteiger partial charge is 0.388 e. The summed E-state index contributed by atoms with van der Waals surface area (Å²) >= 11 is 0. The summed E-state index contributed by atoms with van der Waals surface area (Å²) in [4.78, 5) is 39.6. The quantitative estimate of drug-likeness (QED) is 0.0251. The predicted molar refractivity (Wildman–Crippen MR) is 231 cm³/mol. The number of aliphatic carboxylic acids is 1. The molecule has 0 aromatic rings. The molecule has 0 aromatic heterocycles. The van der Waals surface area contributed by atoms with Gasteiger partial charge >= 0.3 is 5.97 Å². The van der Waals surface area contributed by atoms with Gasteiger partial charge in [0.15, 0.2) is 6.17 Å². The average molecular weight is 763 g/mol. The Morgan fingerprint density at radius 3 is 1.41 bits per heavy atom. The van der Waals surface area contributed by atoms with Gasteiger partial charge in [0, 0.05) is 25.7 Å². The zero-order valence-electron chi connectivity index (χ0n) is 37.1. The van der Waals surface area contributed by atoms with Crippen LogP contribution in [0.2, 0.25) is 0 Å². The van der Waals surface area contributed by atoms with Crippen LogP contribution < -0.4 is 10.6 Å². The lowest BCUT2D eigenvalue weighted by molar-refractivity contribution is -0.960. The van der Waals surface area contributed by atoms with Crippen LogP contribution in [0, 0.1) is 5.92 Å². The molecule has 0 aliphatic carbocycles. The molecule has 7 nitrogen and oxygen atoms in total. The summed E-state index contributed by atoms with van der Waals surface area (Å²) in [6.07, 6.45) is 39.3. The molecule has 0 saturated carbocycles. The molecule has 0 heterocycles. The molecule has 7 heteroatoms. The van der Waals surface area contributed by atoms with Crippen molar-refractivity contribution in [3.8, 4) is 0 Å². The van der Waals surface area contributed by atoms with Crippen molar-refractivity contribution in [3.63, 3.8) is 0 Å². The van der Waals surface area contributed by atoms with E-state index in [9.17, 15) is 19.5 Å². The van der Waals surface area contributed by atoms with Crippen molar-refractivity contribution >= 4 is 17.8 Å². The van der Waals surface area contributed by atoms with Crippen LogP contribution in [0.1, 0.15) is 240 Å². The Balaban J connectivity index is 4.65. The van der Waals surface area contributed by atoms with Crippen LogP contribution in [0.25, 0.3) is 0 Å². The molecule has 0 spiro atoms. The molecule has 0 aliphatic heterocycles. The summed E-state index contributed by atoms with van der Waals surface area (Å²) in [6.45, 7) is 10.9. The number of carbonyl (C=O) groups excluding carboxylic acids is 2. The first-order chi connectivity index (χ1) is 26.0. The fourth-order valence-electron chi connectivity index (χ4n) is 7.87. The maximum absolute atomic E-state index is 13.3. The summed E-state index contributed by atoms with van der Waals surface area (Å²) in [5.41, 5.74) is -1.52. The maximum atomic E-state index is 13.3. The second-order valence-corrected chi connectivity index (χ2v) is 17.4. The van der Waals surface area contributed by atoms with Gasteiger partial charge in [-0.25, -0.2) is 4.79 Å². The Bertz CT molecular complexity index is 949. The van der Waals surface area contributed by atoms with E-state index in [4.69, 9.17) is 0 Å². The first-order valence-electron chi connectivity index (χ1n) is 23.3. The van der Waals surface area contributed by atoms with Crippen LogP contribution in [-0.2, 0) is 14.4 Å². The van der Waals surface area contributed by atoms with Crippen LogP contribution >= 0.6 is 0 Å². The number of carboxylic acid groups (broad SMARTS) is 1. The summed E-state index contributed by atoms with van der Waals surface area (Å²) in [7, 11) is 3.72. The van der Waals surface area contributed by atoms with E-state index in [1.54, 1.807) is 0 Å². The van der Waals surface area contributed by atoms with E-state index < -0.39 is 17.8 Å². The maximum Gasteiger partial charge on any atom is 0.388 e. The highest BCUT2D eigenvalue weighted by Crippen LogP contribution is 2.30. The molecular weight excluding hydrogens is 671 g/mol. The molecule has 0 fully saturated rings. The van der Waals surface area contributed by atoms with Gasteiger partial charge in [0.25, 0.3) is 5.66 Å². The third kappa shape index (κ3) is 25.3. The topological polar surface area (TPSA) is 95.5 Å². The molecule has 54 heavy (non-hydrogen) atoms. The number of allylic oxidation sites excluding steroid dienone is 2. The van der Waals surface area contributed by atoms with Crippen LogP contribution in [0.4, 0.5) is 0 Å². The molecule has 0 radical (unpaired) electrons. The largest absolute Gasteiger partial charge is 0.475 e. The van der Waals surface area contributed by atoms with Crippen molar-refractivity contribution < 1.29 is 24.0 Å². The standard InChI is InChI=1S/C47H91N3O4/c1-8-11-12-13-14-15-16-17-18-19-23-26-29-32-35-39-44(51)48-43(37-9-2)50(6,7)47(41-10-3,46(53)54)49-45(52)40-36-33-30-27-24-21-20-22-25-28-31-34-38-42(4)5/h17-18,42-43H,8-16,19-41H2,1-7H3,(H2-,48,49,51,52,53,54)/p+1. The van der Waals surface area contributed by atoms with Gasteiger partial charge in [0.2, 0.25) is 11.8 Å². The molecular formula is C47H92N3O4+. The normalized spacial score (nSPS) is 13.7. The Kier molecular flexibility index (Phi) is 33.2. The number of hydrogen-bond acceptors (Lipinski definition) is 3. The number of carboxylic acids is 1. The highest BCUT2D eigenvalue weighted by Gasteiger charge is 2.56. The average Bonchev–Trinajstić information content (AvgIpc) is 3.12. The van der Waals surface area contributed by atoms with Crippen molar-refractivity contribution in [2.45, 2.75) is 252 Å². The number of quaternary nitrogens is 1. The Labute approximate surface area is 335 Å². The van der Waals surface area contributed by atoms with Crippen LogP contribution in [0.15, 0.2) is 12.2 Å². The second kappa shape index (κ2) is 34.4. The number of hydrogen-bond donors (Lipinski definition) is 3. The molecule has 2 amide bonds. The summed E-state index contributed by atoms with van der Waals surface area (Å²) in [5.74, 6) is -0.450. The van der Waals surface area contributed by atoms with E-state index in [1.807, 2.05) is 21.0 Å². The van der Waals surface area contributed by atoms with Gasteiger partial charge in [-0.05, 0) is 57.3 Å². The Hall–Kier alpha value is -1.89. The first kappa shape index (κ1) is 52.1. The van der Waals surface area contributed by atoms with Crippen molar-refractivity contribution in [2.75, 3.05) is 14.1 Å². The molecule has 0 aliphatic rings. The van der Waals surface area contributed by atoms with Gasteiger partial charge in [-0.2, -0.15) is 0 Å². The molecule has 0 bridgehead atoms. The van der Waals surface area contributed by atoms with Gasteiger partial charge in [-0.1, -0.05) is 175 Å². The van der Waals surface area contributed by atoms with Crippen molar-refractivity contribution in [2.24, 2.45) is 5.92 Å². The molecule has 2 unspecified atom stereocenters. The Morgan fingerprint density at radius 2 is 0.981 bits per heavy atom. The first-order valence-corrected chi connectivity index (χ1v) is 23.3. The van der Waals surface area contributed by atoms with E-state index >= 15 is 0 Å². The lowest BCUT2D eigenvalue weighted by Gasteiger charge is -2.50. The highest BCUT2D eigenvalue weighted by molar-refractivity contribution is 5.85. The zero-order valence-corrected chi connectivity index (χ0v) is 37.1. The minimum atomic E-state index is -1.52. The molecule has 2 atom stereocenters. The van der Waals surface area contributed by atoms with Gasteiger partial charge in [0.1, 0.15) is 0 Å². The summed E-state index contributed by atoms with van der Waals surface area (Å²) in [6, 6.07) is 0. The van der Waals surface area contributed by atoms with E-state index in [-0.39, 0.29) is 16.3 Å². The fraction of sp³-hybridized carbons (Fsp3) is 0.894. The van der Waals surface area contributed by atoms with Crippen LogP contribution in [0.5, 0.6) is 0 Å². The summed E-state index contributed by atoms with van der Waals surface area (Å²) in [5, 5.41) is 16.9. The lowest BCUT2D eigenvalue weighted by atomic mass is 9.96. The number of amides is 2. The van der Waals surface area contributed by atoms with Crippen molar-refractivity contribution in [3.05, 3.63) is 12.2 Å². The van der Waals surface area contributed by atoms with E-state index in [2.05, 4.69) is 50.5 Å². The van der Waals surface area contributed by atoms with Crippen LogP contribution in [0.3, 0.4) is 0 Å². The number of unbranched alkanes of at least 4 members (excludes halogenated alkanes) is 22. The zero-order chi connectivity index (χ0) is 40.3. The van der Waals surface area contributed by atoms with Crippen molar-refractivity contribution in [1.82, 2.24) is 10.6 Å². The third-order valence-corrected chi connectivity index (χ3v) is 11.6. The molecule has 0 aromatic carbocycles. The lowest BCUT2D eigenvalue weighted by Crippen LogP contribution is -2.77. The van der Waals surface area contributed by atoms with Gasteiger partial charge in [-0.15, -0.1) is 0 Å². The minimum absolute atomic E-state index is 0.0220. The Morgan fingerprint density at radius 1 is 0.556 bits per heavy atom. The van der Waals surface area contributed by atoms with Gasteiger partial charge in [-0.3, -0.25) is 19.4 Å². The molecule has 3 N–H and O–H groups in total. The monoisotopic (exact) mass is 763 g/mol. The SMILES string of the molecule is CCCCCCCCC=CCCCCCCCC(=O)NC(CCC)[N+](C)(C)C(CCC)(NC(=O)CCCCCCCCCCCCCCC(C)C)C(=O)O. The second-order valence-electron chi connectivity index (χ2n) is 17.4. The molecule has 0 rings (SSSR count). The third-order valence-electron chi connectivity index (χ3n) is 11.6. The summed E-state index contributed by atoms with van der Waals surface area (Å²) < 4.78 is -0.0220. The van der Waals surface area contributed by atoms with E-state index in [0.29, 0.717) is 32.1 Å². The number of likely N-dealkylation sites (N-methyl/N-ethyl adjacent to an activating group) is 1. The number of nitrogens with zero attached hydrogens (tertiary/aromatic N) is 1. The molecule has 0 saturated heterocycles. The molecule has 318 valence electrons. The highest BCUT2D eigenvalue weighted by atomic mass is 16.4. The van der Waals surface area contributed by atoms with E-state index in [1.165, 1.54) is 122 Å². The van der Waals surface area contributed by atoms with Crippen LogP contribution in [-0.4, -0.2) is 53.3 Å². The van der Waals surface area contributed by atoms with Gasteiger partial charge < -0.3 is 10.4 Å². The number of rotatable bonds is 39. The number of nitrogens with one attached hydrogen (secondary N) is 2. The predicted octanol–water partition coefficient (Wildman–Crippen LogP) is 13.2. The van der Waals surface area contributed by atoms with E-state index in [0.717, 1.165) is 57.3 Å². The fourth-order valence-corrected chi connectivity index (χ4v) is 7.87.